The van der Waals surface area contributed by atoms with Crippen LogP contribution in [0.4, 0.5) is 4.39 Å². The van der Waals surface area contributed by atoms with Gasteiger partial charge < -0.3 is 0 Å². The van der Waals surface area contributed by atoms with Gasteiger partial charge in [-0.3, -0.25) is 0 Å². The number of nitrogens with zero attached hydrogens (tertiary/aromatic N) is 2. The van der Waals surface area contributed by atoms with Gasteiger partial charge in [-0.2, -0.15) is 5.10 Å². The lowest BCUT2D eigenvalue weighted by Gasteiger charge is -2.04. The molecule has 0 saturated heterocycles. The monoisotopic (exact) mass is 380 g/mol. The molecule has 1 heterocycles. The predicted octanol–water partition coefficient (Wildman–Crippen LogP) is 3.51. The molecule has 2 nitrogen and oxygen atoms in total. The van der Waals surface area contributed by atoms with Gasteiger partial charge in [0.2, 0.25) is 0 Å². The number of hydrogen-bond acceptors (Lipinski definition) is 1. The minimum atomic E-state index is -0.258. The van der Waals surface area contributed by atoms with Crippen LogP contribution < -0.4 is 0 Å². The normalized spacial score (nSPS) is 10.6. The summed E-state index contributed by atoms with van der Waals surface area (Å²) in [6, 6.07) is 5.12. The van der Waals surface area contributed by atoms with Crippen molar-refractivity contribution in [2.45, 2.75) is 5.33 Å². The third-order valence-electron chi connectivity index (χ3n) is 1.96. The molecule has 1 aromatic heterocycles. The highest BCUT2D eigenvalue weighted by molar-refractivity contribution is 14.1. The lowest BCUT2D eigenvalue weighted by molar-refractivity contribution is 0.609. The van der Waals surface area contributed by atoms with E-state index in [1.165, 1.54) is 10.7 Å². The fraction of sp³-hybridized carbons (Fsp3) is 0.100. The molecule has 0 unspecified atom stereocenters. The first-order valence-corrected chi connectivity index (χ1v) is 6.45. The number of aromatic nitrogens is 2. The molecule has 5 heteroatoms. The van der Waals surface area contributed by atoms with Gasteiger partial charge in [0, 0.05) is 11.5 Å². The summed E-state index contributed by atoms with van der Waals surface area (Å²) in [5.41, 5.74) is 1.39. The van der Waals surface area contributed by atoms with E-state index in [0.29, 0.717) is 11.0 Å². The molecule has 0 fully saturated rings. The lowest BCUT2D eigenvalue weighted by atomic mass is 10.2. The van der Waals surface area contributed by atoms with Gasteiger partial charge in [-0.15, -0.1) is 0 Å². The molecule has 2 rings (SSSR count). The van der Waals surface area contributed by atoms with Gasteiger partial charge in [-0.1, -0.05) is 22.0 Å². The van der Waals surface area contributed by atoms with E-state index in [1.54, 1.807) is 18.5 Å². The van der Waals surface area contributed by atoms with Crippen LogP contribution in [-0.2, 0) is 5.33 Å². The fourth-order valence-corrected chi connectivity index (χ4v) is 1.99. The maximum Gasteiger partial charge on any atom is 0.149 e. The second-order valence-electron chi connectivity index (χ2n) is 3.02. The van der Waals surface area contributed by atoms with Crippen molar-refractivity contribution >= 4 is 38.5 Å². The predicted molar refractivity (Wildman–Crippen MR) is 68.9 cm³/mol. The first-order chi connectivity index (χ1) is 7.20. The highest BCUT2D eigenvalue weighted by atomic mass is 127. The molecule has 0 aliphatic heterocycles. The van der Waals surface area contributed by atoms with Gasteiger partial charge in [-0.05, 0) is 40.3 Å². The Bertz CT molecular complexity index is 484. The van der Waals surface area contributed by atoms with Gasteiger partial charge >= 0.3 is 0 Å². The SMILES string of the molecule is Fc1cc(CBr)ccc1-n1cc(I)cn1. The number of alkyl halides is 1. The van der Waals surface area contributed by atoms with Crippen LogP contribution >= 0.6 is 38.5 Å². The van der Waals surface area contributed by atoms with Gasteiger partial charge in [0.15, 0.2) is 0 Å². The van der Waals surface area contributed by atoms with Gasteiger partial charge in [0.25, 0.3) is 0 Å². The topological polar surface area (TPSA) is 17.8 Å². The molecule has 0 atom stereocenters. The molecule has 0 bridgehead atoms. The second-order valence-corrected chi connectivity index (χ2v) is 4.83. The molecule has 0 N–H and O–H groups in total. The number of benzene rings is 1. The Kier molecular flexibility index (Phi) is 3.40. The van der Waals surface area contributed by atoms with E-state index in [4.69, 9.17) is 0 Å². The van der Waals surface area contributed by atoms with Crippen molar-refractivity contribution in [2.24, 2.45) is 0 Å². The standard InChI is InChI=1S/C10H7BrFIN2/c11-4-7-1-2-10(9(12)3-7)15-6-8(13)5-14-15/h1-3,5-6H,4H2. The molecule has 0 saturated carbocycles. The van der Waals surface area contributed by atoms with Crippen LogP contribution in [0.5, 0.6) is 0 Å². The number of rotatable bonds is 2. The molecule has 0 aliphatic rings. The van der Waals surface area contributed by atoms with E-state index < -0.39 is 0 Å². The molecule has 0 radical (unpaired) electrons. The minimum Gasteiger partial charge on any atom is -0.237 e. The van der Waals surface area contributed by atoms with Crippen LogP contribution in [0.2, 0.25) is 0 Å². The first-order valence-electron chi connectivity index (χ1n) is 4.25. The summed E-state index contributed by atoms with van der Waals surface area (Å²) in [5, 5.41) is 4.71. The van der Waals surface area contributed by atoms with Crippen molar-refractivity contribution in [1.82, 2.24) is 9.78 Å². The van der Waals surface area contributed by atoms with Gasteiger partial charge in [0.1, 0.15) is 11.5 Å². The van der Waals surface area contributed by atoms with Crippen LogP contribution in [-0.4, -0.2) is 9.78 Å². The van der Waals surface area contributed by atoms with E-state index in [9.17, 15) is 4.39 Å². The minimum absolute atomic E-state index is 0.258. The maximum absolute atomic E-state index is 13.6. The third kappa shape index (κ3) is 2.39. The van der Waals surface area contributed by atoms with Crippen LogP contribution in [0.1, 0.15) is 5.56 Å². The van der Waals surface area contributed by atoms with Crippen molar-refractivity contribution in [3.05, 3.63) is 45.5 Å². The Morgan fingerprint density at radius 1 is 1.47 bits per heavy atom. The van der Waals surface area contributed by atoms with Crippen LogP contribution in [0.25, 0.3) is 5.69 Å². The first kappa shape index (κ1) is 11.1. The van der Waals surface area contributed by atoms with E-state index in [-0.39, 0.29) is 5.82 Å². The van der Waals surface area contributed by atoms with Crippen molar-refractivity contribution in [1.29, 1.82) is 0 Å². The highest BCUT2D eigenvalue weighted by Gasteiger charge is 2.06. The molecule has 0 aliphatic carbocycles. The molecule has 0 spiro atoms. The smallest absolute Gasteiger partial charge is 0.149 e. The summed E-state index contributed by atoms with van der Waals surface area (Å²) in [5.74, 6) is -0.258. The molecular weight excluding hydrogens is 374 g/mol. The average molecular weight is 381 g/mol. The largest absolute Gasteiger partial charge is 0.237 e. The molecule has 15 heavy (non-hydrogen) atoms. The number of hydrogen-bond donors (Lipinski definition) is 0. The van der Waals surface area contributed by atoms with E-state index in [0.717, 1.165) is 9.13 Å². The Balaban J connectivity index is 2.45. The fourth-order valence-electron chi connectivity index (χ4n) is 1.25. The maximum atomic E-state index is 13.6. The van der Waals surface area contributed by atoms with Crippen molar-refractivity contribution in [3.63, 3.8) is 0 Å². The molecule has 2 aromatic rings. The van der Waals surface area contributed by atoms with E-state index in [2.05, 4.69) is 43.6 Å². The van der Waals surface area contributed by atoms with E-state index >= 15 is 0 Å². The van der Waals surface area contributed by atoms with Crippen molar-refractivity contribution in [3.8, 4) is 5.69 Å². The van der Waals surface area contributed by atoms with Crippen LogP contribution in [0.15, 0.2) is 30.6 Å². The summed E-state index contributed by atoms with van der Waals surface area (Å²) < 4.78 is 16.2. The van der Waals surface area contributed by atoms with Crippen LogP contribution in [0, 0.1) is 9.39 Å². The van der Waals surface area contributed by atoms with Crippen molar-refractivity contribution < 1.29 is 4.39 Å². The zero-order valence-electron chi connectivity index (χ0n) is 7.62. The highest BCUT2D eigenvalue weighted by Crippen LogP contribution is 2.17. The molecule has 1 aromatic carbocycles. The zero-order valence-corrected chi connectivity index (χ0v) is 11.4. The quantitative estimate of drug-likeness (QED) is 0.575. The van der Waals surface area contributed by atoms with Crippen molar-refractivity contribution in [2.75, 3.05) is 0 Å². The van der Waals surface area contributed by atoms with E-state index in [1.807, 2.05) is 6.07 Å². The average Bonchev–Trinajstić information content (AvgIpc) is 2.64. The Labute approximate surface area is 109 Å². The van der Waals surface area contributed by atoms with Gasteiger partial charge in [-0.25, -0.2) is 9.07 Å². The summed E-state index contributed by atoms with van der Waals surface area (Å²) in [6.45, 7) is 0. The zero-order chi connectivity index (χ0) is 10.8. The Morgan fingerprint density at radius 3 is 2.80 bits per heavy atom. The molecular formula is C10H7BrFIN2. The molecule has 0 amide bonds. The second kappa shape index (κ2) is 4.61. The summed E-state index contributed by atoms with van der Waals surface area (Å²) in [4.78, 5) is 0. The van der Waals surface area contributed by atoms with Crippen LogP contribution in [0.3, 0.4) is 0 Å². The summed E-state index contributed by atoms with van der Waals surface area (Å²) in [7, 11) is 0. The Morgan fingerprint density at radius 2 is 2.27 bits per heavy atom. The number of halogens is 3. The Hall–Kier alpha value is -0.430. The summed E-state index contributed by atoms with van der Waals surface area (Å²) in [6.07, 6.45) is 3.48. The lowest BCUT2D eigenvalue weighted by Crippen LogP contribution is -1.98. The van der Waals surface area contributed by atoms with Gasteiger partial charge in [0.05, 0.1) is 9.77 Å². The molecule has 78 valence electrons. The third-order valence-corrected chi connectivity index (χ3v) is 3.17. The summed E-state index contributed by atoms with van der Waals surface area (Å²) >= 11 is 5.43.